The van der Waals surface area contributed by atoms with Crippen LogP contribution in [0.15, 0.2) is 60.7 Å². The smallest absolute Gasteiger partial charge is 0.410 e. The molecule has 13 heteroatoms. The molecular weight excluding hydrogens is 570 g/mol. The van der Waals surface area contributed by atoms with Crippen LogP contribution in [0.5, 0.6) is 5.75 Å². The lowest BCUT2D eigenvalue weighted by atomic mass is 10.1. The normalized spacial score (nSPS) is 16.3. The minimum absolute atomic E-state index is 0.000248. The Hall–Kier alpha value is -3.68. The first-order chi connectivity index (χ1) is 20.2. The van der Waals surface area contributed by atoms with Gasteiger partial charge in [0.1, 0.15) is 16.8 Å². The van der Waals surface area contributed by atoms with Gasteiger partial charge in [0, 0.05) is 23.9 Å². The van der Waals surface area contributed by atoms with Crippen LogP contribution < -0.4 is 15.0 Å². The molecule has 0 bridgehead atoms. The number of aromatic nitrogens is 2. The van der Waals surface area contributed by atoms with Crippen LogP contribution in [0.3, 0.4) is 0 Å². The van der Waals surface area contributed by atoms with E-state index < -0.39 is 27.8 Å². The third kappa shape index (κ3) is 8.43. The van der Waals surface area contributed by atoms with Gasteiger partial charge in [0.2, 0.25) is 0 Å². The molecule has 2 aromatic carbocycles. The third-order valence-corrected chi connectivity index (χ3v) is 8.99. The third-order valence-electron chi connectivity index (χ3n) is 6.69. The number of nitrogens with one attached hydrogen (secondary N) is 1. The van der Waals surface area contributed by atoms with Crippen molar-refractivity contribution in [3.8, 4) is 17.1 Å². The molecule has 10 nitrogen and oxygen atoms in total. The first kappa shape index (κ1) is 31.3. The number of carbonyl (C=O) groups excluding carboxylic acids is 1. The van der Waals surface area contributed by atoms with Crippen LogP contribution in [0.4, 0.5) is 25.1 Å². The van der Waals surface area contributed by atoms with Crippen molar-refractivity contribution in [3.05, 3.63) is 66.4 Å². The van der Waals surface area contributed by atoms with E-state index in [0.717, 1.165) is 0 Å². The highest BCUT2D eigenvalue weighted by Gasteiger charge is 2.30. The van der Waals surface area contributed by atoms with Gasteiger partial charge in [0.25, 0.3) is 0 Å². The minimum atomic E-state index is -3.75. The molecule has 3 aromatic rings. The van der Waals surface area contributed by atoms with E-state index in [2.05, 4.69) is 15.0 Å². The predicted octanol–water partition coefficient (Wildman–Crippen LogP) is 5.47. The number of anilines is 2. The first-order valence-electron chi connectivity index (χ1n) is 13.6. The molecule has 2 atom stereocenters. The number of benzene rings is 2. The summed E-state index contributed by atoms with van der Waals surface area (Å²) >= 11 is 0. The predicted molar refractivity (Wildman–Crippen MR) is 155 cm³/mol. The SMILES string of the molecule is CCC(c1cc(N2CCOC[C@@H]2C)nc(-c2ccc(NC(=O)Oc3ccccc3)cc2)n1)S(=O)(=O)CCCOC(F)F. The van der Waals surface area contributed by atoms with E-state index in [1.165, 1.54) is 0 Å². The fraction of sp³-hybridized carbons (Fsp3) is 0.414. The lowest BCUT2D eigenvalue weighted by Crippen LogP contribution is -2.44. The van der Waals surface area contributed by atoms with E-state index in [4.69, 9.17) is 14.5 Å². The minimum Gasteiger partial charge on any atom is -0.410 e. The van der Waals surface area contributed by atoms with E-state index >= 15 is 0 Å². The number of hydrogen-bond acceptors (Lipinski definition) is 9. The Balaban J connectivity index is 1.60. The molecule has 42 heavy (non-hydrogen) atoms. The molecule has 226 valence electrons. The fourth-order valence-electron chi connectivity index (χ4n) is 4.62. The van der Waals surface area contributed by atoms with Crippen molar-refractivity contribution in [1.29, 1.82) is 0 Å². The molecule has 0 spiro atoms. The van der Waals surface area contributed by atoms with Crippen LogP contribution in [-0.2, 0) is 19.3 Å². The molecule has 0 radical (unpaired) electrons. The van der Waals surface area contributed by atoms with Gasteiger partial charge in [-0.15, -0.1) is 0 Å². The number of hydrogen-bond donors (Lipinski definition) is 1. The molecule has 1 aliphatic rings. The van der Waals surface area contributed by atoms with Crippen molar-refractivity contribution in [2.24, 2.45) is 0 Å². The highest BCUT2D eigenvalue weighted by Crippen LogP contribution is 2.31. The van der Waals surface area contributed by atoms with Gasteiger partial charge < -0.3 is 19.1 Å². The molecule has 1 fully saturated rings. The van der Waals surface area contributed by atoms with Crippen LogP contribution in [0.2, 0.25) is 0 Å². The zero-order valence-corrected chi connectivity index (χ0v) is 24.2. The van der Waals surface area contributed by atoms with Gasteiger partial charge in [-0.05, 0) is 56.2 Å². The van der Waals surface area contributed by atoms with Gasteiger partial charge in [-0.3, -0.25) is 5.32 Å². The maximum Gasteiger partial charge on any atom is 0.417 e. The van der Waals surface area contributed by atoms with Gasteiger partial charge in [-0.25, -0.2) is 23.2 Å². The summed E-state index contributed by atoms with van der Waals surface area (Å²) < 4.78 is 66.4. The number of alkyl halides is 2. The number of morpholine rings is 1. The average molecular weight is 605 g/mol. The summed E-state index contributed by atoms with van der Waals surface area (Å²) in [5.41, 5.74) is 1.41. The number of nitrogens with zero attached hydrogens (tertiary/aromatic N) is 3. The summed E-state index contributed by atoms with van der Waals surface area (Å²) in [6, 6.07) is 17.1. The van der Waals surface area contributed by atoms with Crippen molar-refractivity contribution < 1.29 is 36.2 Å². The van der Waals surface area contributed by atoms with Gasteiger partial charge in [-0.1, -0.05) is 25.1 Å². The van der Waals surface area contributed by atoms with Crippen molar-refractivity contribution >= 4 is 27.4 Å². The second kappa shape index (κ2) is 14.5. The molecular formula is C29H34F2N4O6S. The molecule has 1 saturated heterocycles. The fourth-order valence-corrected chi connectivity index (χ4v) is 6.43. The lowest BCUT2D eigenvalue weighted by molar-refractivity contribution is -0.128. The number of rotatable bonds is 12. The van der Waals surface area contributed by atoms with E-state index in [-0.39, 0.29) is 31.2 Å². The Morgan fingerprint density at radius 3 is 2.55 bits per heavy atom. The first-order valence-corrected chi connectivity index (χ1v) is 15.4. The number of ether oxygens (including phenoxy) is 3. The van der Waals surface area contributed by atoms with E-state index in [1.54, 1.807) is 61.5 Å². The quantitative estimate of drug-likeness (QED) is 0.268. The highest BCUT2D eigenvalue weighted by molar-refractivity contribution is 7.91. The van der Waals surface area contributed by atoms with Crippen LogP contribution in [-0.4, -0.2) is 69.3 Å². The van der Waals surface area contributed by atoms with E-state index in [1.807, 2.05) is 17.9 Å². The van der Waals surface area contributed by atoms with Crippen molar-refractivity contribution in [2.45, 2.75) is 44.6 Å². The number of amides is 1. The zero-order valence-electron chi connectivity index (χ0n) is 23.4. The molecule has 0 saturated carbocycles. The Morgan fingerprint density at radius 1 is 1.14 bits per heavy atom. The highest BCUT2D eigenvalue weighted by atomic mass is 32.2. The van der Waals surface area contributed by atoms with Crippen molar-refractivity contribution in [2.75, 3.05) is 42.3 Å². The second-order valence-electron chi connectivity index (χ2n) is 9.75. The molecule has 2 heterocycles. The maximum atomic E-state index is 13.3. The Kier molecular flexibility index (Phi) is 10.8. The molecule has 1 aliphatic heterocycles. The largest absolute Gasteiger partial charge is 0.417 e. The zero-order chi connectivity index (χ0) is 30.1. The van der Waals surface area contributed by atoms with Gasteiger partial charge in [-0.2, -0.15) is 8.78 Å². The van der Waals surface area contributed by atoms with E-state index in [9.17, 15) is 22.0 Å². The molecule has 1 unspecified atom stereocenters. The van der Waals surface area contributed by atoms with Gasteiger partial charge >= 0.3 is 12.7 Å². The van der Waals surface area contributed by atoms with Crippen molar-refractivity contribution in [1.82, 2.24) is 9.97 Å². The van der Waals surface area contributed by atoms with Crippen LogP contribution in [0.1, 0.15) is 37.6 Å². The molecule has 0 aliphatic carbocycles. The van der Waals surface area contributed by atoms with Crippen LogP contribution >= 0.6 is 0 Å². The summed E-state index contributed by atoms with van der Waals surface area (Å²) in [4.78, 5) is 23.8. The number of halogens is 2. The number of sulfone groups is 1. The molecule has 1 N–H and O–H groups in total. The average Bonchev–Trinajstić information content (AvgIpc) is 2.96. The maximum absolute atomic E-state index is 13.3. The molecule has 1 amide bonds. The molecule has 1 aromatic heterocycles. The van der Waals surface area contributed by atoms with Crippen LogP contribution in [0, 0.1) is 0 Å². The molecule has 4 rings (SSSR count). The summed E-state index contributed by atoms with van der Waals surface area (Å²) in [5, 5.41) is 1.70. The summed E-state index contributed by atoms with van der Waals surface area (Å²) in [6.07, 6.45) is -0.472. The monoisotopic (exact) mass is 604 g/mol. The standard InChI is InChI=1S/C29H34F2N4O6S/c1-3-25(42(37,38)17-7-15-40-28(30)31)24-18-26(35-14-16-39-19-20(35)2)34-27(33-24)21-10-12-22(13-11-21)32-29(36)41-23-8-5-4-6-9-23/h4-6,8-13,18,20,25,28H,3,7,14-17,19H2,1-2H3,(H,32,36)/t20-,25?/m0/s1. The van der Waals surface area contributed by atoms with Crippen LogP contribution in [0.25, 0.3) is 11.4 Å². The van der Waals surface area contributed by atoms with E-state index in [0.29, 0.717) is 54.1 Å². The van der Waals surface area contributed by atoms with Crippen molar-refractivity contribution in [3.63, 3.8) is 0 Å². The second-order valence-corrected chi connectivity index (χ2v) is 12.0. The van der Waals surface area contributed by atoms with Gasteiger partial charge in [0.05, 0.1) is 37.3 Å². The Morgan fingerprint density at radius 2 is 1.88 bits per heavy atom. The topological polar surface area (TPSA) is 120 Å². The summed E-state index contributed by atoms with van der Waals surface area (Å²) in [5.74, 6) is 0.965. The Labute approximate surface area is 243 Å². The summed E-state index contributed by atoms with van der Waals surface area (Å²) in [7, 11) is -3.75. The van der Waals surface area contributed by atoms with Gasteiger partial charge in [0.15, 0.2) is 15.7 Å². The summed E-state index contributed by atoms with van der Waals surface area (Å²) in [6.45, 7) is 1.98. The lowest BCUT2D eigenvalue weighted by Gasteiger charge is -2.34. The number of carbonyl (C=O) groups is 1. The number of para-hydroxylation sites is 1. The Bertz CT molecular complexity index is 1430.